The van der Waals surface area contributed by atoms with Crippen molar-refractivity contribution in [1.29, 1.82) is 0 Å². The van der Waals surface area contributed by atoms with Gasteiger partial charge in [-0.25, -0.2) is 0 Å². The molecule has 26 heavy (non-hydrogen) atoms. The number of carbonyl (C=O) groups excluding carboxylic acids is 1. The highest BCUT2D eigenvalue weighted by Crippen LogP contribution is 2.30. The molecule has 1 aromatic carbocycles. The third-order valence-electron chi connectivity index (χ3n) is 3.57. The second kappa shape index (κ2) is 8.66. The van der Waals surface area contributed by atoms with Crippen molar-refractivity contribution in [3.8, 4) is 0 Å². The number of nitrogens with one attached hydrogen (secondary N) is 2. The molecule has 2 N–H and O–H groups in total. The van der Waals surface area contributed by atoms with Gasteiger partial charge in [0, 0.05) is 18.4 Å². The predicted octanol–water partition coefficient (Wildman–Crippen LogP) is 3.53. The first kappa shape index (κ1) is 19.7. The van der Waals surface area contributed by atoms with Gasteiger partial charge in [-0.15, -0.1) is 0 Å². The van der Waals surface area contributed by atoms with Crippen molar-refractivity contribution in [1.82, 2.24) is 15.2 Å². The average molecular weight is 366 g/mol. The Hall–Kier alpha value is -2.61. The summed E-state index contributed by atoms with van der Waals surface area (Å²) in [4.78, 5) is 18.2. The third kappa shape index (κ3) is 6.03. The maximum Gasteiger partial charge on any atom is 0.416 e. The van der Waals surface area contributed by atoms with E-state index in [0.29, 0.717) is 23.5 Å². The molecule has 140 valence electrons. The second-order valence-corrected chi connectivity index (χ2v) is 6.08. The molecular formula is C18H21F3N4O. The molecule has 2 aromatic rings. The Morgan fingerprint density at radius 2 is 1.81 bits per heavy atom. The van der Waals surface area contributed by atoms with Crippen LogP contribution >= 0.6 is 0 Å². The van der Waals surface area contributed by atoms with E-state index in [1.807, 2.05) is 19.0 Å². The molecule has 0 fully saturated rings. The lowest BCUT2D eigenvalue weighted by Crippen LogP contribution is -2.27. The number of aromatic nitrogens is 1. The number of halogens is 3. The average Bonchev–Trinajstić information content (AvgIpc) is 2.58. The van der Waals surface area contributed by atoms with Crippen LogP contribution < -0.4 is 10.6 Å². The van der Waals surface area contributed by atoms with Crippen LogP contribution in [0.1, 0.15) is 22.3 Å². The van der Waals surface area contributed by atoms with E-state index in [1.165, 1.54) is 24.5 Å². The van der Waals surface area contributed by atoms with E-state index in [9.17, 15) is 18.0 Å². The molecule has 0 bridgehead atoms. The number of hydrogen-bond donors (Lipinski definition) is 2. The number of rotatable bonds is 7. The van der Waals surface area contributed by atoms with Gasteiger partial charge in [0.1, 0.15) is 0 Å². The Balaban J connectivity index is 1.97. The molecule has 0 atom stereocenters. The maximum atomic E-state index is 12.6. The molecule has 0 aliphatic heterocycles. The van der Waals surface area contributed by atoms with E-state index in [2.05, 4.69) is 15.6 Å². The maximum absolute atomic E-state index is 12.6. The van der Waals surface area contributed by atoms with Crippen LogP contribution in [0.5, 0.6) is 0 Å². The van der Waals surface area contributed by atoms with E-state index in [-0.39, 0.29) is 5.91 Å². The van der Waals surface area contributed by atoms with Crippen molar-refractivity contribution in [2.45, 2.75) is 12.6 Å². The number of amides is 1. The number of nitrogens with zero attached hydrogens (tertiary/aromatic N) is 2. The first-order valence-corrected chi connectivity index (χ1v) is 8.08. The van der Waals surface area contributed by atoms with Gasteiger partial charge >= 0.3 is 6.18 Å². The fourth-order valence-corrected chi connectivity index (χ4v) is 2.24. The molecule has 0 spiro atoms. The fourth-order valence-electron chi connectivity index (χ4n) is 2.24. The van der Waals surface area contributed by atoms with Gasteiger partial charge in [0.2, 0.25) is 0 Å². The van der Waals surface area contributed by atoms with Crippen LogP contribution in [0.2, 0.25) is 0 Å². The van der Waals surface area contributed by atoms with Gasteiger partial charge in [-0.05, 0) is 57.4 Å². The summed E-state index contributed by atoms with van der Waals surface area (Å²) in [5.74, 6) is -0.243. The zero-order valence-corrected chi connectivity index (χ0v) is 14.6. The van der Waals surface area contributed by atoms with Gasteiger partial charge < -0.3 is 15.5 Å². The molecule has 0 saturated carbocycles. The van der Waals surface area contributed by atoms with Gasteiger partial charge in [-0.2, -0.15) is 13.2 Å². The first-order valence-electron chi connectivity index (χ1n) is 8.08. The summed E-state index contributed by atoms with van der Waals surface area (Å²) in [7, 11) is 3.92. The molecule has 8 heteroatoms. The first-order chi connectivity index (χ1) is 12.3. The summed E-state index contributed by atoms with van der Waals surface area (Å²) in [6, 6.07) is 6.26. The zero-order valence-electron chi connectivity index (χ0n) is 14.6. The van der Waals surface area contributed by atoms with Crippen molar-refractivity contribution in [2.24, 2.45) is 0 Å². The molecule has 1 heterocycles. The Morgan fingerprint density at radius 3 is 2.42 bits per heavy atom. The summed E-state index contributed by atoms with van der Waals surface area (Å²) in [6.07, 6.45) is -0.597. The number of anilines is 2. The Morgan fingerprint density at radius 1 is 1.12 bits per heavy atom. The normalized spacial score (nSPS) is 11.5. The molecule has 1 amide bonds. The van der Waals surface area contributed by atoms with Gasteiger partial charge in [-0.1, -0.05) is 0 Å². The van der Waals surface area contributed by atoms with E-state index in [0.717, 1.165) is 25.1 Å². The van der Waals surface area contributed by atoms with Crippen LogP contribution in [0, 0.1) is 0 Å². The van der Waals surface area contributed by atoms with Crippen LogP contribution in [-0.4, -0.2) is 43.0 Å². The van der Waals surface area contributed by atoms with E-state index >= 15 is 0 Å². The summed E-state index contributed by atoms with van der Waals surface area (Å²) in [6.45, 7) is 1.42. The van der Waals surface area contributed by atoms with Crippen LogP contribution in [0.15, 0.2) is 42.7 Å². The summed E-state index contributed by atoms with van der Waals surface area (Å²) >= 11 is 0. The van der Waals surface area contributed by atoms with Crippen molar-refractivity contribution >= 4 is 17.3 Å². The van der Waals surface area contributed by atoms with Gasteiger partial charge in [0.05, 0.1) is 23.0 Å². The summed E-state index contributed by atoms with van der Waals surface area (Å²) in [5.41, 5.74) is 0.660. The zero-order chi connectivity index (χ0) is 19.2. The Kier molecular flexibility index (Phi) is 6.57. The smallest absolute Gasteiger partial charge is 0.354 e. The lowest BCUT2D eigenvalue weighted by atomic mass is 10.2. The van der Waals surface area contributed by atoms with Crippen LogP contribution in [-0.2, 0) is 6.18 Å². The standard InChI is InChI=1S/C18H21F3N4O/c1-25(2)9-3-8-23-17(26)13-10-16(12-22-11-13)24-15-6-4-14(5-7-15)18(19,20)21/h4-7,10-12,24H,3,8-9H2,1-2H3,(H,23,26). The van der Waals surface area contributed by atoms with Gasteiger partial charge in [-0.3, -0.25) is 9.78 Å². The molecule has 5 nitrogen and oxygen atoms in total. The number of alkyl halides is 3. The largest absolute Gasteiger partial charge is 0.416 e. The van der Waals surface area contributed by atoms with Crippen molar-refractivity contribution in [3.05, 3.63) is 53.9 Å². The molecule has 2 rings (SSSR count). The van der Waals surface area contributed by atoms with Crippen LogP contribution in [0.4, 0.5) is 24.5 Å². The van der Waals surface area contributed by atoms with E-state index < -0.39 is 11.7 Å². The number of pyridine rings is 1. The Labute approximate surface area is 150 Å². The van der Waals surface area contributed by atoms with Gasteiger partial charge in [0.25, 0.3) is 5.91 Å². The fraction of sp³-hybridized carbons (Fsp3) is 0.333. The van der Waals surface area contributed by atoms with Crippen LogP contribution in [0.25, 0.3) is 0 Å². The quantitative estimate of drug-likeness (QED) is 0.736. The molecule has 1 aromatic heterocycles. The third-order valence-corrected chi connectivity index (χ3v) is 3.57. The molecule has 0 aliphatic rings. The molecule has 0 unspecified atom stereocenters. The van der Waals surface area contributed by atoms with Crippen LogP contribution in [0.3, 0.4) is 0 Å². The summed E-state index contributed by atoms with van der Waals surface area (Å²) < 4.78 is 37.7. The monoisotopic (exact) mass is 366 g/mol. The lowest BCUT2D eigenvalue weighted by molar-refractivity contribution is -0.137. The minimum Gasteiger partial charge on any atom is -0.354 e. The topological polar surface area (TPSA) is 57.3 Å². The Bertz CT molecular complexity index is 730. The highest BCUT2D eigenvalue weighted by Gasteiger charge is 2.29. The summed E-state index contributed by atoms with van der Waals surface area (Å²) in [5, 5.41) is 5.75. The highest BCUT2D eigenvalue weighted by atomic mass is 19.4. The van der Waals surface area contributed by atoms with Crippen molar-refractivity contribution in [3.63, 3.8) is 0 Å². The number of hydrogen-bond acceptors (Lipinski definition) is 4. The number of carbonyl (C=O) groups is 1. The molecule has 0 saturated heterocycles. The number of benzene rings is 1. The minimum absolute atomic E-state index is 0.243. The van der Waals surface area contributed by atoms with Crippen molar-refractivity contribution < 1.29 is 18.0 Å². The predicted molar refractivity (Wildman–Crippen MR) is 94.5 cm³/mol. The molecule has 0 radical (unpaired) electrons. The molecule has 0 aliphatic carbocycles. The minimum atomic E-state index is -4.37. The van der Waals surface area contributed by atoms with E-state index in [4.69, 9.17) is 0 Å². The SMILES string of the molecule is CN(C)CCCNC(=O)c1cncc(Nc2ccc(C(F)(F)F)cc2)c1. The lowest BCUT2D eigenvalue weighted by Gasteiger charge is -2.11. The van der Waals surface area contributed by atoms with Crippen molar-refractivity contribution in [2.75, 3.05) is 32.5 Å². The second-order valence-electron chi connectivity index (χ2n) is 6.08. The van der Waals surface area contributed by atoms with E-state index in [1.54, 1.807) is 6.07 Å². The molecular weight excluding hydrogens is 345 g/mol. The van der Waals surface area contributed by atoms with Gasteiger partial charge in [0.15, 0.2) is 0 Å². The highest BCUT2D eigenvalue weighted by molar-refractivity contribution is 5.94.